The Kier molecular flexibility index (Phi) is 8.84. The molecule has 8 atom stereocenters. The van der Waals surface area contributed by atoms with Crippen LogP contribution in [0, 0.1) is 11.8 Å². The highest BCUT2D eigenvalue weighted by atomic mass is 16.5. The summed E-state index contributed by atoms with van der Waals surface area (Å²) in [5.74, 6) is -3.31. The first-order chi connectivity index (χ1) is 20.2. The minimum absolute atomic E-state index is 0.0623. The number of hydrogen-bond acceptors (Lipinski definition) is 7. The summed E-state index contributed by atoms with van der Waals surface area (Å²) in [6.45, 7) is 5.61. The van der Waals surface area contributed by atoms with Crippen LogP contribution < -0.4 is 5.32 Å². The molecule has 1 aromatic rings. The zero-order chi connectivity index (χ0) is 30.0. The van der Waals surface area contributed by atoms with Crippen molar-refractivity contribution in [3.63, 3.8) is 0 Å². The lowest BCUT2D eigenvalue weighted by molar-refractivity contribution is -0.151. The molecule has 2 N–H and O–H groups in total. The Hall–Kier alpha value is -3.50. The number of carbonyl (C=O) groups is 4. The van der Waals surface area contributed by atoms with E-state index in [1.165, 1.54) is 4.90 Å². The number of esters is 1. The highest BCUT2D eigenvalue weighted by Gasteiger charge is 2.73. The molecule has 5 bridgehead atoms. The lowest BCUT2D eigenvalue weighted by Crippen LogP contribution is -2.59. The Morgan fingerprint density at radius 1 is 1.07 bits per heavy atom. The fraction of sp³-hybridized carbons (Fsp3) is 0.562. The highest BCUT2D eigenvalue weighted by molar-refractivity contribution is 6.00. The summed E-state index contributed by atoms with van der Waals surface area (Å²) in [6, 6.07) is 6.75. The average Bonchev–Trinajstić information content (AvgIpc) is 3.63. The lowest BCUT2D eigenvalue weighted by atomic mass is 9.74. The number of amides is 3. The average molecular weight is 580 g/mol. The molecule has 3 amide bonds. The Bertz CT molecular complexity index is 1250. The van der Waals surface area contributed by atoms with E-state index in [9.17, 15) is 24.3 Å². The number of likely N-dealkylation sites (tertiary alicyclic amines) is 1. The number of carbonyl (C=O) groups excluding carboxylic acids is 4. The number of allylic oxidation sites excluding steroid dienone is 1. The summed E-state index contributed by atoms with van der Waals surface area (Å²) >= 11 is 0. The van der Waals surface area contributed by atoms with E-state index in [1.807, 2.05) is 56.3 Å². The van der Waals surface area contributed by atoms with Gasteiger partial charge in [-0.3, -0.25) is 19.2 Å². The van der Waals surface area contributed by atoms with Crippen molar-refractivity contribution in [2.24, 2.45) is 11.8 Å². The van der Waals surface area contributed by atoms with Crippen LogP contribution in [0.25, 0.3) is 0 Å². The van der Waals surface area contributed by atoms with Gasteiger partial charge >= 0.3 is 5.97 Å². The predicted octanol–water partition coefficient (Wildman–Crippen LogP) is 2.29. The molecule has 10 nitrogen and oxygen atoms in total. The van der Waals surface area contributed by atoms with E-state index < -0.39 is 47.6 Å². The number of cyclic esters (lactones) is 1. The summed E-state index contributed by atoms with van der Waals surface area (Å²) in [4.78, 5) is 58.4. The first-order valence-electron chi connectivity index (χ1n) is 15.0. The van der Waals surface area contributed by atoms with Gasteiger partial charge in [0.15, 0.2) is 0 Å². The molecule has 2 saturated heterocycles. The van der Waals surface area contributed by atoms with Crippen molar-refractivity contribution in [2.45, 2.75) is 82.3 Å². The zero-order valence-corrected chi connectivity index (χ0v) is 24.5. The molecule has 4 heterocycles. The maximum absolute atomic E-state index is 14.5. The zero-order valence-electron chi connectivity index (χ0n) is 24.5. The topological polar surface area (TPSA) is 125 Å². The third kappa shape index (κ3) is 5.26. The fourth-order valence-corrected chi connectivity index (χ4v) is 6.90. The molecule has 42 heavy (non-hydrogen) atoms. The van der Waals surface area contributed by atoms with Crippen LogP contribution in [-0.4, -0.2) is 88.2 Å². The van der Waals surface area contributed by atoms with Crippen molar-refractivity contribution in [2.75, 3.05) is 19.8 Å². The number of nitrogens with one attached hydrogen (secondary N) is 1. The van der Waals surface area contributed by atoms with Gasteiger partial charge in [0.05, 0.1) is 36.6 Å². The summed E-state index contributed by atoms with van der Waals surface area (Å²) in [6.07, 6.45) is 8.79. The maximum atomic E-state index is 14.5. The molecule has 0 saturated carbocycles. The lowest BCUT2D eigenvalue weighted by Gasteiger charge is -2.39. The van der Waals surface area contributed by atoms with E-state index in [0.29, 0.717) is 6.42 Å². The normalized spacial score (nSPS) is 33.8. The van der Waals surface area contributed by atoms with Crippen LogP contribution in [0.1, 0.15) is 58.1 Å². The van der Waals surface area contributed by atoms with Crippen LogP contribution in [0.4, 0.5) is 0 Å². The molecule has 4 aliphatic rings. The van der Waals surface area contributed by atoms with Gasteiger partial charge in [0, 0.05) is 19.0 Å². The number of ether oxygens (including phenoxy) is 2. The second-order valence-electron chi connectivity index (χ2n) is 11.8. The summed E-state index contributed by atoms with van der Waals surface area (Å²) in [5, 5.41) is 13.2. The minimum atomic E-state index is -1.33. The van der Waals surface area contributed by atoms with E-state index in [4.69, 9.17) is 9.47 Å². The van der Waals surface area contributed by atoms with Crippen LogP contribution >= 0.6 is 0 Å². The smallest absolute Gasteiger partial charge is 0.306 e. The van der Waals surface area contributed by atoms with Gasteiger partial charge in [0.2, 0.25) is 17.7 Å². The van der Waals surface area contributed by atoms with E-state index in [2.05, 4.69) is 5.32 Å². The molecule has 2 fully saturated rings. The minimum Gasteiger partial charge on any atom is -0.463 e. The van der Waals surface area contributed by atoms with Crippen LogP contribution in [-0.2, 0) is 28.7 Å². The van der Waals surface area contributed by atoms with Crippen molar-refractivity contribution in [1.82, 2.24) is 15.1 Å². The van der Waals surface area contributed by atoms with Gasteiger partial charge in [0.25, 0.3) is 0 Å². The van der Waals surface area contributed by atoms with Gasteiger partial charge in [-0.05, 0) is 32.3 Å². The van der Waals surface area contributed by atoms with Crippen LogP contribution in [0.3, 0.4) is 0 Å². The van der Waals surface area contributed by atoms with Crippen LogP contribution in [0.2, 0.25) is 0 Å². The third-order valence-electron chi connectivity index (χ3n) is 9.02. The highest BCUT2D eigenvalue weighted by Crippen LogP contribution is 2.56. The third-order valence-corrected chi connectivity index (χ3v) is 9.02. The van der Waals surface area contributed by atoms with Crippen LogP contribution in [0.15, 0.2) is 54.6 Å². The summed E-state index contributed by atoms with van der Waals surface area (Å²) in [5.41, 5.74) is -0.575. The molecule has 226 valence electrons. The molecule has 1 spiro atoms. The molecular formula is C32H41N3O7. The Morgan fingerprint density at radius 2 is 1.83 bits per heavy atom. The molecule has 10 heteroatoms. The van der Waals surface area contributed by atoms with Gasteiger partial charge in [-0.1, -0.05) is 68.0 Å². The van der Waals surface area contributed by atoms with Gasteiger partial charge in [-0.25, -0.2) is 0 Å². The largest absolute Gasteiger partial charge is 0.463 e. The second kappa shape index (κ2) is 12.4. The fourth-order valence-electron chi connectivity index (χ4n) is 6.90. The van der Waals surface area contributed by atoms with Crippen molar-refractivity contribution >= 4 is 23.7 Å². The molecule has 0 aromatic heterocycles. The maximum Gasteiger partial charge on any atom is 0.306 e. The van der Waals surface area contributed by atoms with E-state index in [-0.39, 0.29) is 50.0 Å². The van der Waals surface area contributed by atoms with Crippen molar-refractivity contribution in [3.8, 4) is 0 Å². The molecule has 0 aliphatic carbocycles. The Labute approximate surface area is 246 Å². The number of aliphatic hydroxyl groups excluding tert-OH is 1. The van der Waals surface area contributed by atoms with Crippen molar-refractivity contribution < 1.29 is 33.8 Å². The van der Waals surface area contributed by atoms with Crippen molar-refractivity contribution in [1.29, 1.82) is 0 Å². The van der Waals surface area contributed by atoms with E-state index >= 15 is 0 Å². The number of nitrogens with zero attached hydrogens (tertiary/aromatic N) is 2. The summed E-state index contributed by atoms with van der Waals surface area (Å²) < 4.78 is 12.0. The molecule has 4 aliphatic heterocycles. The van der Waals surface area contributed by atoms with Gasteiger partial charge in [-0.2, -0.15) is 0 Å². The molecular weight excluding hydrogens is 538 g/mol. The number of hydrogen-bond donors (Lipinski definition) is 2. The quantitative estimate of drug-likeness (QED) is 0.391. The van der Waals surface area contributed by atoms with Gasteiger partial charge < -0.3 is 29.7 Å². The molecule has 1 aromatic carbocycles. The first-order valence-corrected chi connectivity index (χ1v) is 15.0. The van der Waals surface area contributed by atoms with E-state index in [0.717, 1.165) is 18.4 Å². The number of benzene rings is 1. The first kappa shape index (κ1) is 30.0. The van der Waals surface area contributed by atoms with Gasteiger partial charge in [0.1, 0.15) is 18.2 Å². The monoisotopic (exact) mass is 579 g/mol. The van der Waals surface area contributed by atoms with E-state index in [1.54, 1.807) is 24.0 Å². The molecule has 0 radical (unpaired) electrons. The number of fused-ring (bicyclic) bond motifs is 2. The van der Waals surface area contributed by atoms with Crippen molar-refractivity contribution in [3.05, 3.63) is 60.2 Å². The number of aliphatic hydroxyl groups is 1. The van der Waals surface area contributed by atoms with Crippen LogP contribution in [0.5, 0.6) is 0 Å². The Balaban J connectivity index is 1.57. The second-order valence-corrected chi connectivity index (χ2v) is 11.8. The number of rotatable bonds is 6. The molecule has 5 rings (SSSR count). The Morgan fingerprint density at radius 3 is 2.55 bits per heavy atom. The summed E-state index contributed by atoms with van der Waals surface area (Å²) in [7, 11) is 0. The standard InChI is InChI=1S/C32H41N3O7/c1-4-11-20(2)34-17-10-6-9-14-25(37)41-19-23(22-12-7-5-8-13-22)33-29(38)26-24-15-16-32(42-24)27(26)30(39)35(21(3)18-36)28(32)31(34)40/h5-8,10,12-13,15-16,20-21,23-24,26-28,36H,4,9,11,14,17-19H2,1-3H3,(H,33,38)/b10-6-/t20?,21-,23-,24-,26+,27+,28-,32+/m1/s1. The molecule has 1 unspecified atom stereocenters. The SMILES string of the molecule is CCCC(C)N1C/C=C\CCC(=O)OC[C@H](c2ccccc2)NC(=O)[C@@H]2[C@H]3C(=O)N([C@H](C)CO)[C@H](C1=O)[C@]31C=C[C@H]2O1. The predicted molar refractivity (Wildman–Crippen MR) is 154 cm³/mol. The van der Waals surface area contributed by atoms with Gasteiger partial charge in [-0.15, -0.1) is 0 Å².